The van der Waals surface area contributed by atoms with Crippen LogP contribution in [0.2, 0.25) is 0 Å². The number of Topliss-reactive ketones (excluding diaryl/α,β-unsaturated/α-hetero) is 1. The summed E-state index contributed by atoms with van der Waals surface area (Å²) < 4.78 is 0. The SMILES string of the molecule is O=C1c2cc([N+](=O)[O-])ccc2CC12CCN(CCc1ccccn1)CC2. The van der Waals surface area contributed by atoms with Gasteiger partial charge in [-0.3, -0.25) is 19.9 Å². The third-order valence-electron chi connectivity index (χ3n) is 5.78. The van der Waals surface area contributed by atoms with Gasteiger partial charge in [-0.2, -0.15) is 0 Å². The van der Waals surface area contributed by atoms with E-state index >= 15 is 0 Å². The van der Waals surface area contributed by atoms with Crippen molar-refractivity contribution in [1.82, 2.24) is 9.88 Å². The monoisotopic (exact) mass is 351 g/mol. The van der Waals surface area contributed by atoms with Crippen LogP contribution in [0.1, 0.15) is 34.5 Å². The number of benzene rings is 1. The van der Waals surface area contributed by atoms with E-state index in [9.17, 15) is 14.9 Å². The lowest BCUT2D eigenvalue weighted by atomic mass is 9.75. The largest absolute Gasteiger partial charge is 0.303 e. The number of rotatable bonds is 4. The minimum atomic E-state index is -0.432. The Hall–Kier alpha value is -2.60. The molecule has 1 fully saturated rings. The summed E-state index contributed by atoms with van der Waals surface area (Å²) in [5, 5.41) is 11.0. The minimum Gasteiger partial charge on any atom is -0.303 e. The molecule has 0 atom stereocenters. The van der Waals surface area contributed by atoms with Crippen molar-refractivity contribution in [3.63, 3.8) is 0 Å². The Morgan fingerprint density at radius 2 is 2.00 bits per heavy atom. The molecule has 26 heavy (non-hydrogen) atoms. The maximum Gasteiger partial charge on any atom is 0.270 e. The molecule has 1 aliphatic heterocycles. The van der Waals surface area contributed by atoms with Gasteiger partial charge in [0, 0.05) is 48.0 Å². The van der Waals surface area contributed by atoms with Gasteiger partial charge in [-0.15, -0.1) is 0 Å². The number of ketones is 1. The molecule has 0 bridgehead atoms. The topological polar surface area (TPSA) is 76.3 Å². The number of carbonyl (C=O) groups excluding carboxylic acids is 1. The van der Waals surface area contributed by atoms with Gasteiger partial charge >= 0.3 is 0 Å². The first-order valence-electron chi connectivity index (χ1n) is 9.02. The van der Waals surface area contributed by atoms with E-state index < -0.39 is 4.92 Å². The van der Waals surface area contributed by atoms with Gasteiger partial charge in [0.1, 0.15) is 0 Å². The Morgan fingerprint density at radius 1 is 1.19 bits per heavy atom. The van der Waals surface area contributed by atoms with Crippen molar-refractivity contribution >= 4 is 11.5 Å². The third kappa shape index (κ3) is 3.01. The zero-order valence-corrected chi connectivity index (χ0v) is 14.6. The second-order valence-corrected chi connectivity index (χ2v) is 7.30. The highest BCUT2D eigenvalue weighted by atomic mass is 16.6. The molecule has 134 valence electrons. The molecule has 1 aromatic carbocycles. The Bertz CT molecular complexity index is 843. The van der Waals surface area contributed by atoms with E-state index in [-0.39, 0.29) is 16.9 Å². The third-order valence-corrected chi connectivity index (χ3v) is 5.78. The van der Waals surface area contributed by atoms with Crippen LogP contribution in [0.3, 0.4) is 0 Å². The van der Waals surface area contributed by atoms with Gasteiger partial charge in [0.05, 0.1) is 4.92 Å². The predicted molar refractivity (Wildman–Crippen MR) is 97.2 cm³/mol. The number of non-ortho nitro benzene ring substituents is 1. The van der Waals surface area contributed by atoms with Crippen molar-refractivity contribution in [2.24, 2.45) is 5.41 Å². The van der Waals surface area contributed by atoms with Crippen LogP contribution >= 0.6 is 0 Å². The normalized spacial score (nSPS) is 18.8. The first-order valence-corrected chi connectivity index (χ1v) is 9.02. The van der Waals surface area contributed by atoms with Crippen molar-refractivity contribution in [1.29, 1.82) is 0 Å². The van der Waals surface area contributed by atoms with E-state index in [1.54, 1.807) is 6.07 Å². The number of nitrogens with zero attached hydrogens (tertiary/aromatic N) is 3. The molecule has 2 aliphatic rings. The second-order valence-electron chi connectivity index (χ2n) is 7.30. The smallest absolute Gasteiger partial charge is 0.270 e. The summed E-state index contributed by atoms with van der Waals surface area (Å²) in [6.45, 7) is 2.71. The number of carbonyl (C=O) groups is 1. The number of piperidine rings is 1. The molecule has 1 aliphatic carbocycles. The number of nitro benzene ring substituents is 1. The maximum absolute atomic E-state index is 13.0. The van der Waals surface area contributed by atoms with E-state index in [2.05, 4.69) is 9.88 Å². The van der Waals surface area contributed by atoms with Crippen LogP contribution in [0.15, 0.2) is 42.6 Å². The van der Waals surface area contributed by atoms with Gasteiger partial charge < -0.3 is 4.90 Å². The van der Waals surface area contributed by atoms with Crippen LogP contribution in [-0.2, 0) is 12.8 Å². The van der Waals surface area contributed by atoms with Crippen molar-refractivity contribution in [2.45, 2.75) is 25.7 Å². The highest BCUT2D eigenvalue weighted by Crippen LogP contribution is 2.45. The molecule has 0 amide bonds. The summed E-state index contributed by atoms with van der Waals surface area (Å²) >= 11 is 0. The van der Waals surface area contributed by atoms with Gasteiger partial charge in [-0.05, 0) is 50.0 Å². The van der Waals surface area contributed by atoms with E-state index in [0.717, 1.165) is 50.2 Å². The standard InChI is InChI=1S/C20H21N3O3/c24-19-18-13-17(23(25)26)5-4-15(18)14-20(19)7-11-22(12-8-20)10-6-16-3-1-2-9-21-16/h1-5,9,13H,6-8,10-12,14H2. The molecule has 6 nitrogen and oxygen atoms in total. The first kappa shape index (κ1) is 16.8. The first-order chi connectivity index (χ1) is 12.6. The fraction of sp³-hybridized carbons (Fsp3) is 0.400. The van der Waals surface area contributed by atoms with Crippen LogP contribution in [0, 0.1) is 15.5 Å². The Morgan fingerprint density at radius 3 is 2.69 bits per heavy atom. The number of hydrogen-bond donors (Lipinski definition) is 0. The molecule has 0 saturated carbocycles. The Kier molecular flexibility index (Phi) is 4.28. The van der Waals surface area contributed by atoms with Gasteiger partial charge in [-0.1, -0.05) is 12.1 Å². The lowest BCUT2D eigenvalue weighted by Gasteiger charge is -2.38. The van der Waals surface area contributed by atoms with E-state index in [1.165, 1.54) is 12.1 Å². The molecule has 4 rings (SSSR count). The summed E-state index contributed by atoms with van der Waals surface area (Å²) in [4.78, 5) is 30.3. The average Bonchev–Trinajstić information content (AvgIpc) is 2.93. The molecule has 2 aromatic rings. The van der Waals surface area contributed by atoms with Gasteiger partial charge in [0.2, 0.25) is 0 Å². The lowest BCUT2D eigenvalue weighted by Crippen LogP contribution is -2.43. The molecule has 1 spiro atoms. The molecule has 0 N–H and O–H groups in total. The summed E-state index contributed by atoms with van der Waals surface area (Å²) in [5.74, 6) is 0.0978. The van der Waals surface area contributed by atoms with Gasteiger partial charge in [0.15, 0.2) is 5.78 Å². The minimum absolute atomic E-state index is 0.00180. The second kappa shape index (κ2) is 6.61. The summed E-state index contributed by atoms with van der Waals surface area (Å²) in [5.41, 5.74) is 2.24. The van der Waals surface area contributed by atoms with E-state index in [4.69, 9.17) is 0 Å². The number of hydrogen-bond acceptors (Lipinski definition) is 5. The van der Waals surface area contributed by atoms with E-state index in [0.29, 0.717) is 12.0 Å². The van der Waals surface area contributed by atoms with Crippen molar-refractivity contribution < 1.29 is 9.72 Å². The fourth-order valence-electron chi connectivity index (χ4n) is 4.20. The molecule has 0 unspecified atom stereocenters. The number of likely N-dealkylation sites (tertiary alicyclic amines) is 1. The molecule has 2 heterocycles. The van der Waals surface area contributed by atoms with Crippen LogP contribution in [0.4, 0.5) is 5.69 Å². The van der Waals surface area contributed by atoms with Crippen molar-refractivity contribution in [3.05, 3.63) is 69.5 Å². The quantitative estimate of drug-likeness (QED) is 0.625. The number of fused-ring (bicyclic) bond motifs is 1. The Balaban J connectivity index is 1.41. The maximum atomic E-state index is 13.0. The van der Waals surface area contributed by atoms with Gasteiger partial charge in [-0.25, -0.2) is 0 Å². The highest BCUT2D eigenvalue weighted by molar-refractivity contribution is 6.05. The molecule has 0 radical (unpaired) electrons. The molecular formula is C20H21N3O3. The Labute approximate surface area is 152 Å². The van der Waals surface area contributed by atoms with Crippen LogP contribution in [0.5, 0.6) is 0 Å². The average molecular weight is 351 g/mol. The van der Waals surface area contributed by atoms with Crippen molar-refractivity contribution in [2.75, 3.05) is 19.6 Å². The highest BCUT2D eigenvalue weighted by Gasteiger charge is 2.47. The summed E-state index contributed by atoms with van der Waals surface area (Å²) in [7, 11) is 0. The molecule has 1 aromatic heterocycles. The van der Waals surface area contributed by atoms with Crippen molar-refractivity contribution in [3.8, 4) is 0 Å². The van der Waals surface area contributed by atoms with Crippen LogP contribution in [0.25, 0.3) is 0 Å². The molecule has 6 heteroatoms. The lowest BCUT2D eigenvalue weighted by molar-refractivity contribution is -0.384. The van der Waals surface area contributed by atoms with Crippen LogP contribution < -0.4 is 0 Å². The van der Waals surface area contributed by atoms with E-state index in [1.807, 2.05) is 24.4 Å². The number of pyridine rings is 1. The van der Waals surface area contributed by atoms with Gasteiger partial charge in [0.25, 0.3) is 5.69 Å². The zero-order chi connectivity index (χ0) is 18.1. The summed E-state index contributed by atoms with van der Waals surface area (Å²) in [6, 6.07) is 10.7. The summed E-state index contributed by atoms with van der Waals surface area (Å²) in [6.07, 6.45) is 5.07. The zero-order valence-electron chi connectivity index (χ0n) is 14.6. The fourth-order valence-corrected chi connectivity index (χ4v) is 4.20. The predicted octanol–water partition coefficient (Wildman–Crippen LogP) is 3.05. The number of nitro groups is 1. The number of aromatic nitrogens is 1. The molecule has 1 saturated heterocycles. The van der Waals surface area contributed by atoms with Crippen LogP contribution in [-0.4, -0.2) is 40.2 Å². The molecular weight excluding hydrogens is 330 g/mol.